The van der Waals surface area contributed by atoms with Crippen molar-refractivity contribution >= 4 is 30.7 Å². The molecule has 4 unspecified atom stereocenters. The third-order valence-corrected chi connectivity index (χ3v) is 5.55. The van der Waals surface area contributed by atoms with Crippen molar-refractivity contribution in [1.82, 2.24) is 15.5 Å². The maximum Gasteiger partial charge on any atom is 0.220 e. The number of amides is 1. The van der Waals surface area contributed by atoms with Gasteiger partial charge in [0, 0.05) is 25.6 Å². The normalized spacial score (nSPS) is 27.3. The summed E-state index contributed by atoms with van der Waals surface area (Å²) in [6.07, 6.45) is 5.84. The highest BCUT2D eigenvalue weighted by molar-refractivity contribution is 5.85. The van der Waals surface area contributed by atoms with Gasteiger partial charge >= 0.3 is 0 Å². The predicted molar refractivity (Wildman–Crippen MR) is 106 cm³/mol. The Kier molecular flexibility index (Phi) is 12.3. The Morgan fingerprint density at radius 3 is 2.62 bits per heavy atom. The number of nitrogens with one attached hydrogen (secondary N) is 2. The van der Waals surface area contributed by atoms with Crippen LogP contribution >= 0.6 is 24.8 Å². The van der Waals surface area contributed by atoms with E-state index in [0.717, 1.165) is 25.6 Å². The van der Waals surface area contributed by atoms with Gasteiger partial charge in [-0.1, -0.05) is 13.8 Å². The van der Waals surface area contributed by atoms with Crippen molar-refractivity contribution in [3.63, 3.8) is 0 Å². The lowest BCUT2D eigenvalue weighted by Crippen LogP contribution is -2.46. The largest absolute Gasteiger partial charge is 0.355 e. The first-order valence-electron chi connectivity index (χ1n) is 9.27. The first-order chi connectivity index (χ1) is 10.6. The molecule has 0 spiro atoms. The fourth-order valence-electron chi connectivity index (χ4n) is 3.91. The number of piperidine rings is 2. The van der Waals surface area contributed by atoms with Gasteiger partial charge in [0.15, 0.2) is 0 Å². The molecule has 0 aromatic heterocycles. The van der Waals surface area contributed by atoms with Gasteiger partial charge in [0.25, 0.3) is 0 Å². The predicted octanol–water partition coefficient (Wildman–Crippen LogP) is 3.09. The summed E-state index contributed by atoms with van der Waals surface area (Å²) in [5.41, 5.74) is 0. The molecule has 4 nitrogen and oxygen atoms in total. The van der Waals surface area contributed by atoms with Crippen molar-refractivity contribution in [3.8, 4) is 0 Å². The molecule has 0 aromatic rings. The first-order valence-corrected chi connectivity index (χ1v) is 9.27. The molecular formula is C18H37Cl2N3O. The summed E-state index contributed by atoms with van der Waals surface area (Å²) in [5, 5.41) is 6.61. The van der Waals surface area contributed by atoms with E-state index in [0.29, 0.717) is 24.3 Å². The SMILES string of the molecule is CC1CCCN(C(C)CNC(=O)CC(C)C2CCCNC2)C1.Cl.Cl. The highest BCUT2D eigenvalue weighted by Gasteiger charge is 2.23. The maximum atomic E-state index is 12.2. The van der Waals surface area contributed by atoms with E-state index < -0.39 is 0 Å². The second-order valence-electron chi connectivity index (χ2n) is 7.68. The zero-order valence-corrected chi connectivity index (χ0v) is 17.2. The fraction of sp³-hybridized carbons (Fsp3) is 0.944. The van der Waals surface area contributed by atoms with Gasteiger partial charge in [-0.2, -0.15) is 0 Å². The topological polar surface area (TPSA) is 44.4 Å². The van der Waals surface area contributed by atoms with Crippen LogP contribution in [0.15, 0.2) is 0 Å². The molecule has 2 rings (SSSR count). The van der Waals surface area contributed by atoms with Crippen LogP contribution in [0.3, 0.4) is 0 Å². The molecule has 2 aliphatic heterocycles. The van der Waals surface area contributed by atoms with Crippen molar-refractivity contribution < 1.29 is 4.79 Å². The number of halogens is 2. The van der Waals surface area contributed by atoms with Gasteiger partial charge in [0.05, 0.1) is 0 Å². The van der Waals surface area contributed by atoms with Gasteiger partial charge in [-0.05, 0) is 70.0 Å². The van der Waals surface area contributed by atoms with Crippen molar-refractivity contribution in [2.75, 3.05) is 32.7 Å². The van der Waals surface area contributed by atoms with Gasteiger partial charge in [-0.25, -0.2) is 0 Å². The molecule has 2 aliphatic rings. The molecule has 0 bridgehead atoms. The molecule has 24 heavy (non-hydrogen) atoms. The Balaban J connectivity index is 0.00000264. The zero-order valence-electron chi connectivity index (χ0n) is 15.6. The lowest BCUT2D eigenvalue weighted by Gasteiger charge is -2.35. The molecule has 144 valence electrons. The van der Waals surface area contributed by atoms with E-state index >= 15 is 0 Å². The third-order valence-electron chi connectivity index (χ3n) is 5.55. The second-order valence-corrected chi connectivity index (χ2v) is 7.68. The van der Waals surface area contributed by atoms with Crippen LogP contribution in [0.4, 0.5) is 0 Å². The summed E-state index contributed by atoms with van der Waals surface area (Å²) in [4.78, 5) is 14.7. The smallest absolute Gasteiger partial charge is 0.220 e. The fourth-order valence-corrected chi connectivity index (χ4v) is 3.91. The number of nitrogens with zero attached hydrogens (tertiary/aromatic N) is 1. The molecule has 0 aromatic carbocycles. The Morgan fingerprint density at radius 1 is 1.25 bits per heavy atom. The highest BCUT2D eigenvalue weighted by atomic mass is 35.5. The Labute approximate surface area is 160 Å². The van der Waals surface area contributed by atoms with Crippen LogP contribution < -0.4 is 10.6 Å². The minimum Gasteiger partial charge on any atom is -0.355 e. The summed E-state index contributed by atoms with van der Waals surface area (Å²) in [7, 11) is 0. The summed E-state index contributed by atoms with van der Waals surface area (Å²) in [6.45, 7) is 12.2. The average Bonchev–Trinajstić information content (AvgIpc) is 2.53. The Hall–Kier alpha value is -0.0300. The minimum absolute atomic E-state index is 0. The zero-order chi connectivity index (χ0) is 15.9. The number of carbonyl (C=O) groups is 1. The van der Waals surface area contributed by atoms with Crippen LogP contribution in [-0.4, -0.2) is 49.6 Å². The van der Waals surface area contributed by atoms with E-state index in [1.807, 2.05) is 0 Å². The van der Waals surface area contributed by atoms with Crippen LogP contribution in [-0.2, 0) is 4.79 Å². The van der Waals surface area contributed by atoms with Gasteiger partial charge < -0.3 is 10.6 Å². The van der Waals surface area contributed by atoms with Gasteiger partial charge in [0.2, 0.25) is 5.91 Å². The van der Waals surface area contributed by atoms with E-state index in [1.165, 1.54) is 38.8 Å². The van der Waals surface area contributed by atoms with E-state index in [1.54, 1.807) is 0 Å². The molecule has 2 saturated heterocycles. The molecule has 2 N–H and O–H groups in total. The summed E-state index contributed by atoms with van der Waals surface area (Å²) in [5.74, 6) is 2.18. The van der Waals surface area contributed by atoms with Crippen molar-refractivity contribution in [3.05, 3.63) is 0 Å². The molecule has 0 saturated carbocycles. The quantitative estimate of drug-likeness (QED) is 0.742. The Morgan fingerprint density at radius 2 is 2.00 bits per heavy atom. The molecular weight excluding hydrogens is 345 g/mol. The van der Waals surface area contributed by atoms with Crippen molar-refractivity contribution in [2.45, 2.75) is 58.9 Å². The second kappa shape index (κ2) is 12.3. The molecule has 1 amide bonds. The van der Waals surface area contributed by atoms with E-state index in [4.69, 9.17) is 0 Å². The molecule has 0 radical (unpaired) electrons. The molecule has 0 aliphatic carbocycles. The minimum atomic E-state index is 0. The van der Waals surface area contributed by atoms with Crippen LogP contribution in [0.1, 0.15) is 52.9 Å². The maximum absolute atomic E-state index is 12.2. The van der Waals surface area contributed by atoms with E-state index in [-0.39, 0.29) is 30.7 Å². The van der Waals surface area contributed by atoms with E-state index in [9.17, 15) is 4.79 Å². The van der Waals surface area contributed by atoms with Gasteiger partial charge in [-0.15, -0.1) is 24.8 Å². The number of rotatable bonds is 6. The summed E-state index contributed by atoms with van der Waals surface area (Å²) in [6, 6.07) is 0.457. The molecule has 2 fully saturated rings. The van der Waals surface area contributed by atoms with Crippen LogP contribution in [0.2, 0.25) is 0 Å². The van der Waals surface area contributed by atoms with Crippen LogP contribution in [0.25, 0.3) is 0 Å². The monoisotopic (exact) mass is 381 g/mol. The number of carbonyl (C=O) groups excluding carboxylic acids is 1. The lowest BCUT2D eigenvalue weighted by atomic mass is 9.85. The van der Waals surface area contributed by atoms with Crippen molar-refractivity contribution in [2.24, 2.45) is 17.8 Å². The number of hydrogen-bond donors (Lipinski definition) is 2. The molecule has 2 heterocycles. The summed E-state index contributed by atoms with van der Waals surface area (Å²) < 4.78 is 0. The van der Waals surface area contributed by atoms with Gasteiger partial charge in [0.1, 0.15) is 0 Å². The van der Waals surface area contributed by atoms with Crippen molar-refractivity contribution in [1.29, 1.82) is 0 Å². The Bertz CT molecular complexity index is 351. The van der Waals surface area contributed by atoms with Crippen LogP contribution in [0.5, 0.6) is 0 Å². The molecule has 4 atom stereocenters. The third kappa shape index (κ3) is 7.90. The summed E-state index contributed by atoms with van der Waals surface area (Å²) >= 11 is 0. The highest BCUT2D eigenvalue weighted by Crippen LogP contribution is 2.22. The number of hydrogen-bond acceptors (Lipinski definition) is 3. The van der Waals surface area contributed by atoms with E-state index in [2.05, 4.69) is 36.3 Å². The lowest BCUT2D eigenvalue weighted by molar-refractivity contribution is -0.122. The molecule has 6 heteroatoms. The van der Waals surface area contributed by atoms with Crippen LogP contribution in [0, 0.1) is 17.8 Å². The van der Waals surface area contributed by atoms with Gasteiger partial charge in [-0.3, -0.25) is 9.69 Å². The average molecular weight is 382 g/mol. The standard InChI is InChI=1S/C18H35N3O.2ClH/c1-14-6-5-9-21(13-14)16(3)11-20-18(22)10-15(2)17-7-4-8-19-12-17;;/h14-17,19H,4-13H2,1-3H3,(H,20,22);2*1H. The number of likely N-dealkylation sites (tertiary alicyclic amines) is 1. The first kappa shape index (κ1) is 24.0.